The molecule has 0 atom stereocenters. The Labute approximate surface area is 176 Å². The monoisotopic (exact) mass is 567 g/mol. The van der Waals surface area contributed by atoms with Gasteiger partial charge in [-0.25, -0.2) is 4.31 Å². The molecule has 0 heterocycles. The maximum Gasteiger partial charge on any atom is 0.460 e. The maximum absolute atomic E-state index is 13.7. The largest absolute Gasteiger partial charge is 0.460 e. The van der Waals surface area contributed by atoms with Crippen LogP contribution in [0.15, 0.2) is 12.7 Å². The summed E-state index contributed by atoms with van der Waals surface area (Å²) in [6.45, 7) is 2.43. The normalized spacial score (nSPS) is 15.8. The molecule has 0 aliphatic carbocycles. The fourth-order valence-electron chi connectivity index (χ4n) is 1.73. The van der Waals surface area contributed by atoms with Gasteiger partial charge in [-0.1, -0.05) is 6.58 Å². The SMILES string of the molecule is C=CC(=O)N(C)S(=O)(=O)C(F)(F)C(F)(F)C(F)(F)C(F)(F)C(F)(F)C(F)(F)C(F)(F)C(F)(F)F. The molecule has 1 amide bonds. The van der Waals surface area contributed by atoms with Crippen molar-refractivity contribution in [1.82, 2.24) is 4.31 Å². The lowest BCUT2D eigenvalue weighted by molar-refractivity contribution is -0.458. The Morgan fingerprint density at radius 3 is 1.15 bits per heavy atom. The number of nitrogens with zero attached hydrogens (tertiary/aromatic N) is 1. The van der Waals surface area contributed by atoms with Crippen LogP contribution < -0.4 is 0 Å². The molecule has 0 saturated carbocycles. The van der Waals surface area contributed by atoms with Crippen LogP contribution in [0.1, 0.15) is 0 Å². The highest BCUT2D eigenvalue weighted by Crippen LogP contribution is 2.64. The van der Waals surface area contributed by atoms with Crippen molar-refractivity contribution < 1.29 is 87.8 Å². The van der Waals surface area contributed by atoms with E-state index < -0.39 is 74.2 Å². The zero-order valence-electron chi connectivity index (χ0n) is 15.3. The van der Waals surface area contributed by atoms with Gasteiger partial charge in [0.25, 0.3) is 5.91 Å². The van der Waals surface area contributed by atoms with Gasteiger partial charge in [-0.15, -0.1) is 0 Å². The Morgan fingerprint density at radius 2 is 0.882 bits per heavy atom. The minimum atomic E-state index is -8.93. The third kappa shape index (κ3) is 3.74. The topological polar surface area (TPSA) is 54.5 Å². The van der Waals surface area contributed by atoms with E-state index in [-0.39, 0.29) is 6.08 Å². The molecule has 0 rings (SSSR count). The molecule has 34 heavy (non-hydrogen) atoms. The number of halogens is 17. The molecule has 0 aliphatic rings. The van der Waals surface area contributed by atoms with Crippen molar-refractivity contribution in [1.29, 1.82) is 0 Å². The summed E-state index contributed by atoms with van der Waals surface area (Å²) < 4.78 is 244. The molecule has 0 aromatic heterocycles. The summed E-state index contributed by atoms with van der Waals surface area (Å²) in [5.41, 5.74) is 0. The molecule has 22 heteroatoms. The second-order valence-corrected chi connectivity index (χ2v) is 7.99. The molecular formula is C12H6F17NO3S. The van der Waals surface area contributed by atoms with Crippen LogP contribution in [0.5, 0.6) is 0 Å². The smallest absolute Gasteiger partial charge is 0.269 e. The minimum Gasteiger partial charge on any atom is -0.269 e. The lowest BCUT2D eigenvalue weighted by Crippen LogP contribution is -2.75. The molecule has 0 unspecified atom stereocenters. The average molecular weight is 567 g/mol. The van der Waals surface area contributed by atoms with Crippen LogP contribution in [0.4, 0.5) is 74.6 Å². The molecule has 0 spiro atoms. The van der Waals surface area contributed by atoms with Crippen molar-refractivity contribution in [2.45, 2.75) is 47.0 Å². The van der Waals surface area contributed by atoms with Gasteiger partial charge in [0, 0.05) is 7.05 Å². The van der Waals surface area contributed by atoms with E-state index in [0.717, 1.165) is 0 Å². The van der Waals surface area contributed by atoms with E-state index in [1.807, 2.05) is 0 Å². The summed E-state index contributed by atoms with van der Waals surface area (Å²) in [6, 6.07) is 0. The van der Waals surface area contributed by atoms with Crippen molar-refractivity contribution in [2.75, 3.05) is 7.05 Å². The van der Waals surface area contributed by atoms with Crippen molar-refractivity contribution in [3.63, 3.8) is 0 Å². The molecular weight excluding hydrogens is 561 g/mol. The number of hydrogen-bond donors (Lipinski definition) is 0. The van der Waals surface area contributed by atoms with Gasteiger partial charge in [0.05, 0.1) is 0 Å². The lowest BCUT2D eigenvalue weighted by atomic mass is 9.91. The number of carbonyl (C=O) groups is 1. The third-order valence-electron chi connectivity index (χ3n) is 3.86. The van der Waals surface area contributed by atoms with Crippen molar-refractivity contribution in [3.8, 4) is 0 Å². The van der Waals surface area contributed by atoms with Gasteiger partial charge in [0.1, 0.15) is 0 Å². The number of sulfonamides is 1. The van der Waals surface area contributed by atoms with E-state index in [0.29, 0.717) is 0 Å². The molecule has 0 aliphatic heterocycles. The van der Waals surface area contributed by atoms with Crippen LogP contribution in [0.2, 0.25) is 0 Å². The Hall–Kier alpha value is -2.03. The first kappa shape index (κ1) is 32.0. The van der Waals surface area contributed by atoms with Gasteiger partial charge in [-0.05, 0) is 6.08 Å². The number of carbonyl (C=O) groups excluding carboxylic acids is 1. The first-order valence-corrected chi connectivity index (χ1v) is 8.69. The van der Waals surface area contributed by atoms with Gasteiger partial charge < -0.3 is 0 Å². The highest BCUT2D eigenvalue weighted by molar-refractivity contribution is 7.90. The molecule has 0 fully saturated rings. The Bertz CT molecular complexity index is 921. The minimum absolute atomic E-state index is 0.271. The van der Waals surface area contributed by atoms with Crippen LogP contribution in [0.3, 0.4) is 0 Å². The van der Waals surface area contributed by atoms with Crippen LogP contribution in [0.25, 0.3) is 0 Å². The Morgan fingerprint density at radius 1 is 0.618 bits per heavy atom. The number of rotatable bonds is 9. The number of alkyl halides is 17. The summed E-state index contributed by atoms with van der Waals surface area (Å²) in [4.78, 5) is 11.0. The second-order valence-electron chi connectivity index (χ2n) is 5.98. The summed E-state index contributed by atoms with van der Waals surface area (Å²) >= 11 is 0. The predicted octanol–water partition coefficient (Wildman–Crippen LogP) is 4.93. The van der Waals surface area contributed by atoms with E-state index in [1.54, 1.807) is 0 Å². The number of hydrogen-bond acceptors (Lipinski definition) is 3. The third-order valence-corrected chi connectivity index (χ3v) is 5.67. The van der Waals surface area contributed by atoms with Gasteiger partial charge >= 0.3 is 57.0 Å². The molecule has 0 bridgehead atoms. The fourth-order valence-corrected chi connectivity index (χ4v) is 2.84. The van der Waals surface area contributed by atoms with Gasteiger partial charge in [-0.3, -0.25) is 4.79 Å². The standard InChI is InChI=1S/C12H6F17NO3S/c1-3-4(31)30(2)34(32,33)12(28,29)10(23,24)8(19,20)6(15,16)5(13,14)7(17,18)9(21,22)11(25,26)27/h3H,1H2,2H3. The molecule has 0 aromatic carbocycles. The summed E-state index contributed by atoms with van der Waals surface area (Å²) in [5.74, 6) is -54.5. The summed E-state index contributed by atoms with van der Waals surface area (Å²) in [6.07, 6.45) is -8.18. The highest BCUT2D eigenvalue weighted by Gasteiger charge is 2.96. The fraction of sp³-hybridized carbons (Fsp3) is 0.750. The van der Waals surface area contributed by atoms with E-state index in [2.05, 4.69) is 6.58 Å². The molecule has 0 saturated heterocycles. The summed E-state index contributed by atoms with van der Waals surface area (Å²) in [7, 11) is -8.04. The maximum atomic E-state index is 13.7. The first-order valence-electron chi connectivity index (χ1n) is 7.25. The summed E-state index contributed by atoms with van der Waals surface area (Å²) in [5, 5.41) is -7.78. The Kier molecular flexibility index (Phi) is 7.52. The van der Waals surface area contributed by atoms with Crippen molar-refractivity contribution >= 4 is 15.9 Å². The number of amides is 1. The van der Waals surface area contributed by atoms with E-state index in [9.17, 15) is 87.8 Å². The van der Waals surface area contributed by atoms with Gasteiger partial charge in [0.15, 0.2) is 0 Å². The lowest BCUT2D eigenvalue weighted by Gasteiger charge is -2.42. The van der Waals surface area contributed by atoms with Crippen molar-refractivity contribution in [3.05, 3.63) is 12.7 Å². The molecule has 0 N–H and O–H groups in total. The average Bonchev–Trinajstić information content (AvgIpc) is 2.64. The molecule has 0 radical (unpaired) electrons. The molecule has 202 valence electrons. The Balaban J connectivity index is 7.07. The molecule has 4 nitrogen and oxygen atoms in total. The predicted molar refractivity (Wildman–Crippen MR) is 72.6 cm³/mol. The number of likely N-dealkylation sites (N-methyl/N-ethyl adjacent to an activating group) is 1. The first-order chi connectivity index (χ1) is 14.4. The highest BCUT2D eigenvalue weighted by atomic mass is 32.2. The van der Waals surface area contributed by atoms with Crippen LogP contribution in [0, 0.1) is 0 Å². The van der Waals surface area contributed by atoms with Crippen LogP contribution in [-0.2, 0) is 14.8 Å². The van der Waals surface area contributed by atoms with Gasteiger partial charge in [-0.2, -0.15) is 83.1 Å². The molecule has 0 aromatic rings. The van der Waals surface area contributed by atoms with E-state index in [1.165, 1.54) is 0 Å². The van der Waals surface area contributed by atoms with Crippen LogP contribution >= 0.6 is 0 Å². The van der Waals surface area contributed by atoms with Gasteiger partial charge in [0.2, 0.25) is 0 Å². The zero-order chi connectivity index (χ0) is 28.4. The van der Waals surface area contributed by atoms with Crippen molar-refractivity contribution in [2.24, 2.45) is 0 Å². The quantitative estimate of drug-likeness (QED) is 0.294. The second kappa shape index (κ2) is 8.00. The van der Waals surface area contributed by atoms with E-state index >= 15 is 0 Å². The van der Waals surface area contributed by atoms with E-state index in [4.69, 9.17) is 0 Å². The van der Waals surface area contributed by atoms with Crippen LogP contribution in [-0.4, -0.2) is 72.6 Å². The zero-order valence-corrected chi connectivity index (χ0v) is 16.1.